The van der Waals surface area contributed by atoms with Crippen molar-refractivity contribution in [3.63, 3.8) is 0 Å². The summed E-state index contributed by atoms with van der Waals surface area (Å²) >= 11 is 3.43. The molecule has 0 spiro atoms. The minimum absolute atomic E-state index is 0.146. The Morgan fingerprint density at radius 1 is 1.24 bits per heavy atom. The molecular weight excluding hydrogens is 440 g/mol. The highest BCUT2D eigenvalue weighted by atomic mass is 79.9. The van der Waals surface area contributed by atoms with Gasteiger partial charge in [-0.1, -0.05) is 28.1 Å². The molecule has 156 valence electrons. The number of rotatable bonds is 6. The fraction of sp³-hybridized carbons (Fsp3) is 0.429. The van der Waals surface area contributed by atoms with Crippen molar-refractivity contribution >= 4 is 27.8 Å². The van der Waals surface area contributed by atoms with E-state index in [1.807, 2.05) is 24.3 Å². The number of nitrogens with one attached hydrogen (secondary N) is 1. The van der Waals surface area contributed by atoms with E-state index in [0.717, 1.165) is 10.0 Å². The minimum atomic E-state index is -0.456. The highest BCUT2D eigenvalue weighted by Gasteiger charge is 2.30. The third-order valence-corrected chi connectivity index (χ3v) is 5.50. The summed E-state index contributed by atoms with van der Waals surface area (Å²) in [6, 6.07) is 7.89. The van der Waals surface area contributed by atoms with Gasteiger partial charge in [-0.25, -0.2) is 4.79 Å². The van der Waals surface area contributed by atoms with Gasteiger partial charge in [-0.2, -0.15) is 0 Å². The van der Waals surface area contributed by atoms with Crippen molar-refractivity contribution in [3.8, 4) is 0 Å². The van der Waals surface area contributed by atoms with Gasteiger partial charge in [-0.3, -0.25) is 4.79 Å². The summed E-state index contributed by atoms with van der Waals surface area (Å²) in [5.41, 5.74) is 3.06. The van der Waals surface area contributed by atoms with E-state index in [4.69, 9.17) is 14.2 Å². The van der Waals surface area contributed by atoms with Crippen LogP contribution in [0.4, 0.5) is 0 Å². The lowest BCUT2D eigenvalue weighted by Crippen LogP contribution is -2.42. The third kappa shape index (κ3) is 4.88. The SMILES string of the molecule is COCCOC(=O)c1c(C)[nH]c(C(=O)N2CCOC(c3ccc(Br)cc3)C2)c1C. The van der Waals surface area contributed by atoms with E-state index in [0.29, 0.717) is 48.8 Å². The maximum Gasteiger partial charge on any atom is 0.340 e. The van der Waals surface area contributed by atoms with Crippen LogP contribution < -0.4 is 0 Å². The number of hydrogen-bond donors (Lipinski definition) is 1. The molecule has 0 aliphatic carbocycles. The maximum atomic E-state index is 13.2. The number of aryl methyl sites for hydroxylation is 1. The Labute approximate surface area is 178 Å². The Morgan fingerprint density at radius 3 is 2.66 bits per heavy atom. The van der Waals surface area contributed by atoms with E-state index < -0.39 is 5.97 Å². The third-order valence-electron chi connectivity index (χ3n) is 4.97. The van der Waals surface area contributed by atoms with Crippen molar-refractivity contribution in [2.45, 2.75) is 20.0 Å². The number of H-pyrrole nitrogens is 1. The van der Waals surface area contributed by atoms with Gasteiger partial charge in [0, 0.05) is 23.8 Å². The number of nitrogens with zero attached hydrogens (tertiary/aromatic N) is 1. The Morgan fingerprint density at radius 2 is 1.97 bits per heavy atom. The summed E-state index contributed by atoms with van der Waals surface area (Å²) in [5, 5.41) is 0. The van der Waals surface area contributed by atoms with Crippen LogP contribution in [0, 0.1) is 13.8 Å². The van der Waals surface area contributed by atoms with Crippen molar-refractivity contribution in [1.82, 2.24) is 9.88 Å². The van der Waals surface area contributed by atoms with Gasteiger partial charge in [0.05, 0.1) is 25.3 Å². The second-order valence-corrected chi connectivity index (χ2v) is 7.83. The molecule has 1 N–H and O–H groups in total. The fourth-order valence-corrected chi connectivity index (χ4v) is 3.70. The standard InChI is InChI=1S/C21H25BrN2O5/c1-13-18(21(26)29-11-10-27-3)14(2)23-19(13)20(25)24-8-9-28-17(12-24)15-4-6-16(22)7-5-15/h4-7,17,23H,8-12H2,1-3H3. The number of amides is 1. The highest BCUT2D eigenvalue weighted by Crippen LogP contribution is 2.26. The molecule has 2 aromatic rings. The summed E-state index contributed by atoms with van der Waals surface area (Å²) in [5.74, 6) is -0.603. The molecule has 1 aliphatic heterocycles. The van der Waals surface area contributed by atoms with Gasteiger partial charge >= 0.3 is 5.97 Å². The molecule has 8 heteroatoms. The first-order chi connectivity index (χ1) is 13.9. The molecule has 29 heavy (non-hydrogen) atoms. The van der Waals surface area contributed by atoms with Crippen LogP contribution in [0.1, 0.15) is 43.8 Å². The van der Waals surface area contributed by atoms with E-state index in [1.54, 1.807) is 25.9 Å². The van der Waals surface area contributed by atoms with Crippen molar-refractivity contribution in [2.75, 3.05) is 40.0 Å². The Hall–Kier alpha value is -2.16. The normalized spacial score (nSPS) is 16.7. The average Bonchev–Trinajstić information content (AvgIpc) is 3.02. The van der Waals surface area contributed by atoms with Crippen LogP contribution >= 0.6 is 15.9 Å². The number of aromatic amines is 1. The number of benzene rings is 1. The van der Waals surface area contributed by atoms with Crippen molar-refractivity contribution in [3.05, 3.63) is 56.8 Å². The fourth-order valence-electron chi connectivity index (χ4n) is 3.43. The lowest BCUT2D eigenvalue weighted by molar-refractivity contribution is -0.0230. The summed E-state index contributed by atoms with van der Waals surface area (Å²) in [7, 11) is 1.54. The number of carbonyl (C=O) groups is 2. The van der Waals surface area contributed by atoms with Crippen LogP contribution in [0.3, 0.4) is 0 Å². The van der Waals surface area contributed by atoms with E-state index in [-0.39, 0.29) is 18.6 Å². The van der Waals surface area contributed by atoms with Gasteiger partial charge in [-0.05, 0) is 37.1 Å². The van der Waals surface area contributed by atoms with Crippen LogP contribution in [-0.4, -0.2) is 61.8 Å². The monoisotopic (exact) mass is 464 g/mol. The maximum absolute atomic E-state index is 13.2. The molecule has 3 rings (SSSR count). The lowest BCUT2D eigenvalue weighted by Gasteiger charge is -2.33. The van der Waals surface area contributed by atoms with Crippen molar-refractivity contribution in [2.24, 2.45) is 0 Å². The summed E-state index contributed by atoms with van der Waals surface area (Å²) in [4.78, 5) is 30.4. The van der Waals surface area contributed by atoms with E-state index in [9.17, 15) is 9.59 Å². The Bertz CT molecular complexity index is 878. The zero-order valence-electron chi connectivity index (χ0n) is 16.8. The Kier molecular flexibility index (Phi) is 7.10. The number of hydrogen-bond acceptors (Lipinski definition) is 5. The number of methoxy groups -OCH3 is 1. The first-order valence-electron chi connectivity index (χ1n) is 9.44. The van der Waals surface area contributed by atoms with Crippen molar-refractivity contribution in [1.29, 1.82) is 0 Å². The predicted molar refractivity (Wildman–Crippen MR) is 111 cm³/mol. The first-order valence-corrected chi connectivity index (χ1v) is 10.2. The largest absolute Gasteiger partial charge is 0.460 e. The molecule has 2 heterocycles. The molecule has 1 atom stereocenters. The van der Waals surface area contributed by atoms with E-state index in [1.165, 1.54) is 0 Å². The Balaban J connectivity index is 1.75. The predicted octanol–water partition coefficient (Wildman–Crippen LogP) is 3.41. The number of aromatic nitrogens is 1. The van der Waals surface area contributed by atoms with Crippen LogP contribution in [-0.2, 0) is 14.2 Å². The zero-order chi connectivity index (χ0) is 21.0. The number of ether oxygens (including phenoxy) is 3. The van der Waals surface area contributed by atoms with Crippen LogP contribution in [0.2, 0.25) is 0 Å². The lowest BCUT2D eigenvalue weighted by atomic mass is 10.1. The van der Waals surface area contributed by atoms with Gasteiger partial charge in [0.2, 0.25) is 0 Å². The molecule has 1 unspecified atom stereocenters. The molecular formula is C21H25BrN2O5. The van der Waals surface area contributed by atoms with Gasteiger partial charge in [0.15, 0.2) is 0 Å². The summed E-state index contributed by atoms with van der Waals surface area (Å²) < 4.78 is 17.0. The quantitative estimate of drug-likeness (QED) is 0.523. The number of carbonyl (C=O) groups excluding carboxylic acids is 2. The zero-order valence-corrected chi connectivity index (χ0v) is 18.4. The van der Waals surface area contributed by atoms with Gasteiger partial charge in [-0.15, -0.1) is 0 Å². The number of morpholine rings is 1. The number of esters is 1. The van der Waals surface area contributed by atoms with Crippen LogP contribution in [0.15, 0.2) is 28.7 Å². The average molecular weight is 465 g/mol. The molecule has 0 bridgehead atoms. The second kappa shape index (κ2) is 9.56. The molecule has 0 radical (unpaired) electrons. The molecule has 1 aromatic heterocycles. The molecule has 1 aliphatic rings. The molecule has 1 fully saturated rings. The van der Waals surface area contributed by atoms with Gasteiger partial charge < -0.3 is 24.1 Å². The minimum Gasteiger partial charge on any atom is -0.460 e. The molecule has 1 saturated heterocycles. The van der Waals surface area contributed by atoms with Crippen LogP contribution in [0.25, 0.3) is 0 Å². The number of halogens is 1. The highest BCUT2D eigenvalue weighted by molar-refractivity contribution is 9.10. The smallest absolute Gasteiger partial charge is 0.340 e. The van der Waals surface area contributed by atoms with E-state index >= 15 is 0 Å². The first kappa shape index (κ1) is 21.5. The topological polar surface area (TPSA) is 80.9 Å². The van der Waals surface area contributed by atoms with E-state index in [2.05, 4.69) is 20.9 Å². The molecule has 0 saturated carbocycles. The summed E-state index contributed by atoms with van der Waals surface area (Å²) in [6.45, 7) is 5.42. The van der Waals surface area contributed by atoms with Gasteiger partial charge in [0.1, 0.15) is 18.4 Å². The molecule has 1 amide bonds. The van der Waals surface area contributed by atoms with Gasteiger partial charge in [0.25, 0.3) is 5.91 Å². The second-order valence-electron chi connectivity index (χ2n) is 6.92. The van der Waals surface area contributed by atoms with Crippen LogP contribution in [0.5, 0.6) is 0 Å². The molecule has 7 nitrogen and oxygen atoms in total. The van der Waals surface area contributed by atoms with Crippen molar-refractivity contribution < 1.29 is 23.8 Å². The molecule has 1 aromatic carbocycles. The summed E-state index contributed by atoms with van der Waals surface area (Å²) in [6.07, 6.45) is -0.185.